The maximum Gasteiger partial charge on any atom is 0.252 e. The minimum Gasteiger partial charge on any atom is -0.467 e. The average Bonchev–Trinajstić information content (AvgIpc) is 3.49. The fourth-order valence-electron chi connectivity index (χ4n) is 4.42. The van der Waals surface area contributed by atoms with Crippen LogP contribution in [0.15, 0.2) is 70.1 Å². The molecule has 5 aromatic rings. The molecule has 5 rings (SSSR count). The van der Waals surface area contributed by atoms with Gasteiger partial charge in [0.1, 0.15) is 12.3 Å². The summed E-state index contributed by atoms with van der Waals surface area (Å²) in [6.07, 6.45) is 1.64. The number of pyridine rings is 1. The minimum atomic E-state index is -0.0754. The van der Waals surface area contributed by atoms with Gasteiger partial charge in [0.25, 0.3) is 5.56 Å². The van der Waals surface area contributed by atoms with Crippen molar-refractivity contribution in [3.63, 3.8) is 0 Å². The summed E-state index contributed by atoms with van der Waals surface area (Å²) in [5.41, 5.74) is 6.12. The van der Waals surface area contributed by atoms with E-state index in [0.717, 1.165) is 27.8 Å². The lowest BCUT2D eigenvalue weighted by atomic mass is 10.0. The fourth-order valence-corrected chi connectivity index (χ4v) is 4.42. The molecule has 0 amide bonds. The summed E-state index contributed by atoms with van der Waals surface area (Å²) in [7, 11) is 0. The predicted molar refractivity (Wildman–Crippen MR) is 134 cm³/mol. The Morgan fingerprint density at radius 1 is 0.971 bits per heavy atom. The number of aromatic amines is 1. The normalized spacial score (nSPS) is 11.5. The van der Waals surface area contributed by atoms with E-state index in [1.807, 2.05) is 25.1 Å². The molecule has 3 heterocycles. The lowest BCUT2D eigenvalue weighted by molar-refractivity contribution is 0.235. The number of hydrogen-bond donors (Lipinski definition) is 1. The third-order valence-corrected chi connectivity index (χ3v) is 6.15. The van der Waals surface area contributed by atoms with E-state index in [0.29, 0.717) is 37.6 Å². The van der Waals surface area contributed by atoms with E-state index in [1.165, 1.54) is 11.1 Å². The van der Waals surface area contributed by atoms with Crippen LogP contribution in [-0.2, 0) is 26.2 Å². The number of furan rings is 1. The molecule has 3 aromatic heterocycles. The first-order chi connectivity index (χ1) is 16.9. The summed E-state index contributed by atoms with van der Waals surface area (Å²) in [5.74, 6) is 1.48. The van der Waals surface area contributed by atoms with Crippen LogP contribution >= 0.6 is 0 Å². The molecule has 0 unspecified atom stereocenters. The van der Waals surface area contributed by atoms with Gasteiger partial charge in [-0.1, -0.05) is 41.5 Å². The van der Waals surface area contributed by atoms with Crippen LogP contribution in [0.1, 0.15) is 39.4 Å². The molecule has 0 saturated heterocycles. The number of aryl methyl sites for hydroxylation is 3. The highest BCUT2D eigenvalue weighted by Gasteiger charge is 2.17. The summed E-state index contributed by atoms with van der Waals surface area (Å²) in [6.45, 7) is 8.20. The number of H-pyrrole nitrogens is 1. The van der Waals surface area contributed by atoms with E-state index >= 15 is 0 Å². The van der Waals surface area contributed by atoms with Gasteiger partial charge in [0.15, 0.2) is 5.82 Å². The van der Waals surface area contributed by atoms with Crippen molar-refractivity contribution in [2.24, 2.45) is 0 Å². The summed E-state index contributed by atoms with van der Waals surface area (Å²) < 4.78 is 7.20. The Balaban J connectivity index is 1.46. The molecule has 0 fully saturated rings. The van der Waals surface area contributed by atoms with E-state index in [-0.39, 0.29) is 5.56 Å². The van der Waals surface area contributed by atoms with Crippen molar-refractivity contribution in [3.8, 4) is 0 Å². The Morgan fingerprint density at radius 2 is 1.80 bits per heavy atom. The standard InChI is InChI=1S/C27H28N6O2/c1-18-6-8-21(9-7-18)14-32(17-25-29-30-31-33(25)16-24-5-4-10-35-24)15-23-13-22-12-19(2)11-20(3)26(22)28-27(23)34/h4-13H,14-17H2,1-3H3,(H,28,34). The van der Waals surface area contributed by atoms with Crippen LogP contribution in [0.2, 0.25) is 0 Å². The van der Waals surface area contributed by atoms with Gasteiger partial charge in [-0.3, -0.25) is 9.69 Å². The largest absolute Gasteiger partial charge is 0.467 e. The van der Waals surface area contributed by atoms with Gasteiger partial charge in [0.05, 0.1) is 18.3 Å². The molecule has 0 atom stereocenters. The van der Waals surface area contributed by atoms with E-state index in [9.17, 15) is 4.79 Å². The molecule has 8 heteroatoms. The zero-order chi connectivity index (χ0) is 24.4. The maximum absolute atomic E-state index is 13.0. The van der Waals surface area contributed by atoms with Gasteiger partial charge in [-0.05, 0) is 72.0 Å². The van der Waals surface area contributed by atoms with Gasteiger partial charge >= 0.3 is 0 Å². The number of benzene rings is 2. The number of tetrazole rings is 1. The molecule has 0 spiro atoms. The van der Waals surface area contributed by atoms with E-state index in [1.54, 1.807) is 10.9 Å². The Labute approximate surface area is 203 Å². The summed E-state index contributed by atoms with van der Waals surface area (Å²) in [5, 5.41) is 13.3. The third kappa shape index (κ3) is 5.22. The van der Waals surface area contributed by atoms with Crippen molar-refractivity contribution in [1.29, 1.82) is 0 Å². The predicted octanol–water partition coefficient (Wildman–Crippen LogP) is 4.28. The summed E-state index contributed by atoms with van der Waals surface area (Å²) >= 11 is 0. The fraction of sp³-hybridized carbons (Fsp3) is 0.259. The maximum atomic E-state index is 13.0. The van der Waals surface area contributed by atoms with Crippen molar-refractivity contribution in [3.05, 3.63) is 111 Å². The van der Waals surface area contributed by atoms with Gasteiger partial charge in [-0.15, -0.1) is 5.10 Å². The van der Waals surface area contributed by atoms with E-state index < -0.39 is 0 Å². The number of nitrogens with zero attached hydrogens (tertiary/aromatic N) is 5. The summed E-state index contributed by atoms with van der Waals surface area (Å²) in [6, 6.07) is 18.4. The van der Waals surface area contributed by atoms with Gasteiger partial charge < -0.3 is 9.40 Å². The zero-order valence-corrected chi connectivity index (χ0v) is 20.2. The first kappa shape index (κ1) is 22.7. The molecule has 178 valence electrons. The number of rotatable bonds is 8. The molecule has 0 radical (unpaired) electrons. The molecule has 0 aliphatic rings. The van der Waals surface area contributed by atoms with Gasteiger partial charge in [0.2, 0.25) is 0 Å². The molecule has 0 bridgehead atoms. The number of hydrogen-bond acceptors (Lipinski definition) is 6. The highest BCUT2D eigenvalue weighted by molar-refractivity contribution is 5.82. The quantitative estimate of drug-likeness (QED) is 0.365. The molecule has 0 aliphatic carbocycles. The van der Waals surface area contributed by atoms with Crippen molar-refractivity contribution in [2.75, 3.05) is 0 Å². The van der Waals surface area contributed by atoms with Gasteiger partial charge in [-0.25, -0.2) is 4.68 Å². The van der Waals surface area contributed by atoms with Crippen LogP contribution < -0.4 is 5.56 Å². The molecule has 8 nitrogen and oxygen atoms in total. The zero-order valence-electron chi connectivity index (χ0n) is 20.2. The SMILES string of the molecule is Cc1ccc(CN(Cc2cc3cc(C)cc(C)c3[nH]c2=O)Cc2nnnn2Cc2ccco2)cc1. The average molecular weight is 469 g/mol. The second kappa shape index (κ2) is 9.68. The van der Waals surface area contributed by atoms with Crippen LogP contribution in [0.5, 0.6) is 0 Å². The highest BCUT2D eigenvalue weighted by atomic mass is 16.3. The highest BCUT2D eigenvalue weighted by Crippen LogP contribution is 2.20. The molecular formula is C27H28N6O2. The Hall–Kier alpha value is -4.04. The van der Waals surface area contributed by atoms with Gasteiger partial charge in [-0.2, -0.15) is 0 Å². The van der Waals surface area contributed by atoms with Crippen molar-refractivity contribution >= 4 is 10.9 Å². The van der Waals surface area contributed by atoms with Gasteiger partial charge in [0, 0.05) is 18.7 Å². The Kier molecular flexibility index (Phi) is 6.29. The number of fused-ring (bicyclic) bond motifs is 1. The van der Waals surface area contributed by atoms with Crippen molar-refractivity contribution < 1.29 is 4.42 Å². The van der Waals surface area contributed by atoms with Crippen LogP contribution in [0, 0.1) is 20.8 Å². The molecule has 0 aliphatic heterocycles. The minimum absolute atomic E-state index is 0.0754. The van der Waals surface area contributed by atoms with E-state index in [4.69, 9.17) is 4.42 Å². The molecular weight excluding hydrogens is 440 g/mol. The van der Waals surface area contributed by atoms with Crippen LogP contribution in [0.3, 0.4) is 0 Å². The first-order valence-corrected chi connectivity index (χ1v) is 11.6. The molecule has 0 saturated carbocycles. The third-order valence-electron chi connectivity index (χ3n) is 6.15. The van der Waals surface area contributed by atoms with Crippen LogP contribution in [-0.4, -0.2) is 30.1 Å². The summed E-state index contributed by atoms with van der Waals surface area (Å²) in [4.78, 5) is 18.3. The number of nitrogens with one attached hydrogen (secondary N) is 1. The van der Waals surface area contributed by atoms with Crippen LogP contribution in [0.4, 0.5) is 0 Å². The second-order valence-electron chi connectivity index (χ2n) is 9.13. The number of aromatic nitrogens is 5. The topological polar surface area (TPSA) is 92.8 Å². The van der Waals surface area contributed by atoms with Crippen LogP contribution in [0.25, 0.3) is 10.9 Å². The first-order valence-electron chi connectivity index (χ1n) is 11.6. The Morgan fingerprint density at radius 3 is 2.57 bits per heavy atom. The molecule has 35 heavy (non-hydrogen) atoms. The monoisotopic (exact) mass is 468 g/mol. The second-order valence-corrected chi connectivity index (χ2v) is 9.13. The molecule has 2 aromatic carbocycles. The van der Waals surface area contributed by atoms with Crippen molar-refractivity contribution in [2.45, 2.75) is 47.0 Å². The van der Waals surface area contributed by atoms with E-state index in [2.05, 4.69) is 75.7 Å². The smallest absolute Gasteiger partial charge is 0.252 e. The lowest BCUT2D eigenvalue weighted by Crippen LogP contribution is -2.28. The Bertz CT molecular complexity index is 1500. The molecule has 1 N–H and O–H groups in total. The lowest BCUT2D eigenvalue weighted by Gasteiger charge is -2.22. The van der Waals surface area contributed by atoms with Crippen molar-refractivity contribution in [1.82, 2.24) is 30.1 Å².